The molecular formula is C29H43N7O4. The van der Waals surface area contributed by atoms with Crippen molar-refractivity contribution in [3.63, 3.8) is 0 Å². The maximum Gasteiger partial charge on any atom is 0.407 e. The molecule has 3 heterocycles. The Labute approximate surface area is 235 Å². The number of amides is 1. The van der Waals surface area contributed by atoms with Gasteiger partial charge in [0.15, 0.2) is 11.5 Å². The van der Waals surface area contributed by atoms with Crippen molar-refractivity contribution >= 4 is 23.1 Å². The average Bonchev–Trinajstić information content (AvgIpc) is 3.21. The van der Waals surface area contributed by atoms with Gasteiger partial charge in [0.2, 0.25) is 0 Å². The molecule has 1 saturated heterocycles. The molecule has 218 valence electrons. The molecule has 1 amide bonds. The van der Waals surface area contributed by atoms with Gasteiger partial charge in [0.05, 0.1) is 13.2 Å². The minimum Gasteiger partial charge on any atom is -0.463 e. The van der Waals surface area contributed by atoms with E-state index >= 15 is 0 Å². The van der Waals surface area contributed by atoms with Crippen molar-refractivity contribution in [1.82, 2.24) is 29.7 Å². The molecule has 0 bridgehead atoms. The molecule has 11 nitrogen and oxygen atoms in total. The molecule has 0 aliphatic carbocycles. The summed E-state index contributed by atoms with van der Waals surface area (Å²) in [4.78, 5) is 38.4. The number of H-pyrrole nitrogens is 1. The number of hydrogen-bond acceptors (Lipinski definition) is 8. The Morgan fingerprint density at radius 1 is 1.12 bits per heavy atom. The number of benzene rings is 1. The molecule has 1 aliphatic heterocycles. The van der Waals surface area contributed by atoms with Gasteiger partial charge in [0.1, 0.15) is 11.1 Å². The summed E-state index contributed by atoms with van der Waals surface area (Å²) in [6, 6.07) is 8.53. The molecule has 1 fully saturated rings. The SMILES string of the molecule is CCCCOc1nc(N)c2[nH]c(=O)n(Cc3ccc(CN4CCC(CCNC(=O)OC(C)(C)C)CC4)cc3)c2n1. The number of carbonyl (C=O) groups is 1. The lowest BCUT2D eigenvalue weighted by Crippen LogP contribution is -2.36. The first-order valence-electron chi connectivity index (χ1n) is 14.3. The number of unbranched alkanes of at least 4 members (excludes halogenated alkanes) is 1. The van der Waals surface area contributed by atoms with E-state index in [4.69, 9.17) is 15.2 Å². The summed E-state index contributed by atoms with van der Waals surface area (Å²) in [7, 11) is 0. The van der Waals surface area contributed by atoms with Crippen LogP contribution in [-0.2, 0) is 17.8 Å². The van der Waals surface area contributed by atoms with E-state index in [0.717, 1.165) is 57.3 Å². The van der Waals surface area contributed by atoms with Crippen molar-refractivity contribution in [2.24, 2.45) is 5.92 Å². The van der Waals surface area contributed by atoms with E-state index in [1.54, 1.807) is 4.57 Å². The van der Waals surface area contributed by atoms with Gasteiger partial charge in [-0.2, -0.15) is 9.97 Å². The predicted molar refractivity (Wildman–Crippen MR) is 155 cm³/mol. The van der Waals surface area contributed by atoms with Gasteiger partial charge in [0.25, 0.3) is 0 Å². The number of nitrogens with zero attached hydrogens (tertiary/aromatic N) is 4. The number of nitrogens with two attached hydrogens (primary N) is 1. The number of imidazole rings is 1. The van der Waals surface area contributed by atoms with Crippen molar-refractivity contribution in [2.45, 2.75) is 78.5 Å². The molecule has 40 heavy (non-hydrogen) atoms. The fourth-order valence-electron chi connectivity index (χ4n) is 4.87. The second kappa shape index (κ2) is 13.2. The molecule has 4 rings (SSSR count). The zero-order chi connectivity index (χ0) is 28.7. The maximum absolute atomic E-state index is 12.7. The predicted octanol–water partition coefficient (Wildman–Crippen LogP) is 4.06. The number of ether oxygens (including phenoxy) is 2. The van der Waals surface area contributed by atoms with Gasteiger partial charge >= 0.3 is 17.8 Å². The number of carbonyl (C=O) groups excluding carboxylic acids is 1. The van der Waals surface area contributed by atoms with Crippen LogP contribution in [0.1, 0.15) is 70.9 Å². The summed E-state index contributed by atoms with van der Waals surface area (Å²) in [6.45, 7) is 12.2. The fourth-order valence-corrected chi connectivity index (χ4v) is 4.87. The van der Waals surface area contributed by atoms with Gasteiger partial charge in [-0.3, -0.25) is 9.47 Å². The van der Waals surface area contributed by atoms with Crippen LogP contribution < -0.4 is 21.5 Å². The second-order valence-electron chi connectivity index (χ2n) is 11.6. The third-order valence-corrected chi connectivity index (χ3v) is 7.06. The minimum absolute atomic E-state index is 0.185. The summed E-state index contributed by atoms with van der Waals surface area (Å²) >= 11 is 0. The number of aromatic nitrogens is 4. The van der Waals surface area contributed by atoms with Gasteiger partial charge in [0, 0.05) is 13.1 Å². The summed E-state index contributed by atoms with van der Waals surface area (Å²) in [6.07, 6.45) is 4.74. The Kier molecular flexibility index (Phi) is 9.67. The van der Waals surface area contributed by atoms with E-state index < -0.39 is 5.60 Å². The van der Waals surface area contributed by atoms with Crippen LogP contribution >= 0.6 is 0 Å². The standard InChI is InChI=1S/C29H43N7O4/c1-5-6-17-39-26-33-24(30)23-25(34-26)36(27(37)32-23)19-22-9-7-21(8-10-22)18-35-15-12-20(13-16-35)11-14-31-28(38)40-29(2,3)4/h7-10,20H,5-6,11-19H2,1-4H3,(H,31,38)(H,32,37)(H2,30,33,34). The second-order valence-corrected chi connectivity index (χ2v) is 11.6. The zero-order valence-electron chi connectivity index (χ0n) is 24.2. The number of aromatic amines is 1. The van der Waals surface area contributed by atoms with E-state index in [9.17, 15) is 9.59 Å². The summed E-state index contributed by atoms with van der Waals surface area (Å²) in [5.41, 5.74) is 8.41. The largest absolute Gasteiger partial charge is 0.463 e. The molecule has 0 radical (unpaired) electrons. The quantitative estimate of drug-likeness (QED) is 0.302. The first kappa shape index (κ1) is 29.4. The maximum atomic E-state index is 12.7. The van der Waals surface area contributed by atoms with E-state index in [0.29, 0.717) is 36.8 Å². The van der Waals surface area contributed by atoms with E-state index in [1.807, 2.05) is 20.8 Å². The summed E-state index contributed by atoms with van der Waals surface area (Å²) in [5, 5.41) is 2.87. The fraction of sp³-hybridized carbons (Fsp3) is 0.586. The number of anilines is 1. The number of alkyl carbamates (subject to hydrolysis) is 1. The molecule has 3 aromatic rings. The number of fused-ring (bicyclic) bond motifs is 1. The number of hydrogen-bond donors (Lipinski definition) is 3. The molecule has 4 N–H and O–H groups in total. The first-order valence-corrected chi connectivity index (χ1v) is 14.3. The van der Waals surface area contributed by atoms with E-state index in [2.05, 4.69) is 56.4 Å². The zero-order valence-corrected chi connectivity index (χ0v) is 24.2. The smallest absolute Gasteiger partial charge is 0.407 e. The Hall–Kier alpha value is -3.60. The molecule has 0 atom stereocenters. The molecular weight excluding hydrogens is 510 g/mol. The van der Waals surface area contributed by atoms with Crippen molar-refractivity contribution in [1.29, 1.82) is 0 Å². The number of nitrogen functional groups attached to an aromatic ring is 1. The summed E-state index contributed by atoms with van der Waals surface area (Å²) in [5.74, 6) is 0.809. The molecule has 11 heteroatoms. The molecule has 2 aromatic heterocycles. The monoisotopic (exact) mass is 553 g/mol. The van der Waals surface area contributed by atoms with Crippen LogP contribution in [-0.4, -0.2) is 62.4 Å². The highest BCUT2D eigenvalue weighted by atomic mass is 16.6. The van der Waals surface area contributed by atoms with Crippen LogP contribution in [0.2, 0.25) is 0 Å². The Morgan fingerprint density at radius 3 is 2.45 bits per heavy atom. The van der Waals surface area contributed by atoms with Crippen LogP contribution in [0.3, 0.4) is 0 Å². The lowest BCUT2D eigenvalue weighted by atomic mass is 9.93. The molecule has 0 spiro atoms. The third-order valence-electron chi connectivity index (χ3n) is 7.06. The molecule has 0 unspecified atom stereocenters. The lowest BCUT2D eigenvalue weighted by Gasteiger charge is -2.32. The van der Waals surface area contributed by atoms with E-state index in [-0.39, 0.29) is 23.6 Å². The first-order chi connectivity index (χ1) is 19.1. The van der Waals surface area contributed by atoms with Crippen molar-refractivity contribution in [3.8, 4) is 6.01 Å². The van der Waals surface area contributed by atoms with E-state index in [1.165, 1.54) is 5.56 Å². The van der Waals surface area contributed by atoms with Crippen molar-refractivity contribution in [3.05, 3.63) is 45.9 Å². The topological polar surface area (TPSA) is 140 Å². The Morgan fingerprint density at radius 2 is 1.80 bits per heavy atom. The summed E-state index contributed by atoms with van der Waals surface area (Å²) < 4.78 is 12.5. The molecule has 1 aliphatic rings. The number of rotatable bonds is 11. The Bertz CT molecular complexity index is 1320. The number of nitrogens with one attached hydrogen (secondary N) is 2. The highest BCUT2D eigenvalue weighted by molar-refractivity contribution is 5.81. The van der Waals surface area contributed by atoms with Crippen molar-refractivity contribution < 1.29 is 14.3 Å². The highest BCUT2D eigenvalue weighted by Crippen LogP contribution is 2.22. The van der Waals surface area contributed by atoms with Gasteiger partial charge in [-0.05, 0) is 76.6 Å². The normalized spacial score (nSPS) is 14.9. The molecule has 0 saturated carbocycles. The van der Waals surface area contributed by atoms with Crippen LogP contribution in [0, 0.1) is 5.92 Å². The minimum atomic E-state index is -0.474. The van der Waals surface area contributed by atoms with Gasteiger partial charge in [-0.15, -0.1) is 0 Å². The Balaban J connectivity index is 1.27. The van der Waals surface area contributed by atoms with Gasteiger partial charge in [-0.25, -0.2) is 9.59 Å². The molecule has 1 aromatic carbocycles. The van der Waals surface area contributed by atoms with Crippen LogP contribution in [0.5, 0.6) is 6.01 Å². The van der Waals surface area contributed by atoms with Crippen LogP contribution in [0.15, 0.2) is 29.1 Å². The average molecular weight is 554 g/mol. The van der Waals surface area contributed by atoms with Crippen molar-refractivity contribution in [2.75, 3.05) is 32.0 Å². The lowest BCUT2D eigenvalue weighted by molar-refractivity contribution is 0.0522. The third kappa shape index (κ3) is 8.20. The van der Waals surface area contributed by atoms with Crippen LogP contribution in [0.25, 0.3) is 11.2 Å². The van der Waals surface area contributed by atoms with Gasteiger partial charge in [-0.1, -0.05) is 37.6 Å². The number of likely N-dealkylation sites (tertiary alicyclic amines) is 1. The number of piperidine rings is 1. The highest BCUT2D eigenvalue weighted by Gasteiger charge is 2.21. The van der Waals surface area contributed by atoms with Gasteiger partial charge < -0.3 is 25.5 Å². The van der Waals surface area contributed by atoms with Crippen LogP contribution in [0.4, 0.5) is 10.6 Å².